The van der Waals surface area contributed by atoms with Crippen LogP contribution in [0.1, 0.15) is 0 Å². The lowest BCUT2D eigenvalue weighted by Gasteiger charge is -2.12. The summed E-state index contributed by atoms with van der Waals surface area (Å²) in [6.45, 7) is 1.08. The van der Waals surface area contributed by atoms with Crippen molar-refractivity contribution >= 4 is 65.0 Å². The molecule has 0 saturated carbocycles. The van der Waals surface area contributed by atoms with Crippen LogP contribution in [0.3, 0.4) is 0 Å². The molecule has 7 heteroatoms. The van der Waals surface area contributed by atoms with Crippen molar-refractivity contribution in [2.45, 2.75) is 6.54 Å². The van der Waals surface area contributed by atoms with Gasteiger partial charge in [-0.25, -0.2) is 9.97 Å². The van der Waals surface area contributed by atoms with E-state index in [1.165, 1.54) is 0 Å². The summed E-state index contributed by atoms with van der Waals surface area (Å²) < 4.78 is 15.5. The predicted octanol–water partition coefficient (Wildman–Crippen LogP) is 6.35. The van der Waals surface area contributed by atoms with E-state index in [0.717, 1.165) is 53.5 Å². The highest BCUT2D eigenvalue weighted by Crippen LogP contribution is 2.35. The number of hydrogen-bond donors (Lipinski definition) is 0. The number of hydrogen-bond acceptors (Lipinski definition) is 4. The molecule has 5 nitrogen and oxygen atoms in total. The summed E-state index contributed by atoms with van der Waals surface area (Å²) in [4.78, 5) is 9.85. The van der Waals surface area contributed by atoms with Crippen molar-refractivity contribution in [3.05, 3.63) is 69.6 Å². The Hall–Kier alpha value is -2.64. The molecular formula is C23H17Br2N3O2. The third-order valence-corrected chi connectivity index (χ3v) is 6.06. The number of nitrogens with zero attached hydrogens (tertiary/aromatic N) is 3. The SMILES string of the molecule is COc1ccccc1OCCn1c2nc3ccccc3nc2c2cc(Br)cc(Br)c21. The number of para-hydroxylation sites is 4. The molecule has 0 radical (unpaired) electrons. The molecule has 0 saturated heterocycles. The zero-order valence-electron chi connectivity index (χ0n) is 16.1. The Morgan fingerprint density at radius 2 is 1.60 bits per heavy atom. The van der Waals surface area contributed by atoms with E-state index in [0.29, 0.717) is 13.2 Å². The van der Waals surface area contributed by atoms with Crippen molar-refractivity contribution in [2.75, 3.05) is 13.7 Å². The molecule has 2 aromatic heterocycles. The average molecular weight is 527 g/mol. The summed E-state index contributed by atoms with van der Waals surface area (Å²) in [6.07, 6.45) is 0. The molecule has 2 heterocycles. The van der Waals surface area contributed by atoms with Gasteiger partial charge in [0.2, 0.25) is 0 Å². The first kappa shape index (κ1) is 19.3. The monoisotopic (exact) mass is 525 g/mol. The fraction of sp³-hybridized carbons (Fsp3) is 0.130. The van der Waals surface area contributed by atoms with Gasteiger partial charge < -0.3 is 14.0 Å². The van der Waals surface area contributed by atoms with E-state index in [9.17, 15) is 0 Å². The van der Waals surface area contributed by atoms with Crippen LogP contribution in [0.4, 0.5) is 0 Å². The van der Waals surface area contributed by atoms with Crippen LogP contribution in [-0.4, -0.2) is 28.3 Å². The lowest BCUT2D eigenvalue weighted by Crippen LogP contribution is -2.09. The zero-order chi connectivity index (χ0) is 20.7. The number of ether oxygens (including phenoxy) is 2. The van der Waals surface area contributed by atoms with Crippen LogP contribution < -0.4 is 9.47 Å². The van der Waals surface area contributed by atoms with Crippen molar-refractivity contribution in [3.63, 3.8) is 0 Å². The van der Waals surface area contributed by atoms with E-state index in [1.54, 1.807) is 7.11 Å². The number of methoxy groups -OCH3 is 1. The van der Waals surface area contributed by atoms with E-state index >= 15 is 0 Å². The highest BCUT2D eigenvalue weighted by Gasteiger charge is 2.17. The lowest BCUT2D eigenvalue weighted by molar-refractivity contribution is 0.282. The van der Waals surface area contributed by atoms with Gasteiger partial charge in [-0.1, -0.05) is 40.2 Å². The van der Waals surface area contributed by atoms with Gasteiger partial charge in [0.05, 0.1) is 30.2 Å². The number of fused-ring (bicyclic) bond motifs is 4. The molecule has 0 fully saturated rings. The van der Waals surface area contributed by atoms with E-state index in [2.05, 4.69) is 42.5 Å². The molecule has 150 valence electrons. The van der Waals surface area contributed by atoms with E-state index in [-0.39, 0.29) is 0 Å². The summed E-state index contributed by atoms with van der Waals surface area (Å²) in [5.41, 5.74) is 4.52. The minimum atomic E-state index is 0.469. The van der Waals surface area contributed by atoms with Crippen LogP contribution in [0.5, 0.6) is 11.5 Å². The summed E-state index contributed by atoms with van der Waals surface area (Å²) in [5.74, 6) is 1.44. The molecule has 0 aliphatic heterocycles. The quantitative estimate of drug-likeness (QED) is 0.268. The van der Waals surface area contributed by atoms with Gasteiger partial charge in [0.1, 0.15) is 12.1 Å². The van der Waals surface area contributed by atoms with E-state index in [4.69, 9.17) is 19.4 Å². The molecule has 3 aromatic carbocycles. The molecule has 0 unspecified atom stereocenters. The largest absolute Gasteiger partial charge is 0.493 e. The Morgan fingerprint density at radius 3 is 2.37 bits per heavy atom. The molecule has 0 aliphatic carbocycles. The average Bonchev–Trinajstić information content (AvgIpc) is 3.05. The van der Waals surface area contributed by atoms with Gasteiger partial charge in [-0.2, -0.15) is 0 Å². The Labute approximate surface area is 189 Å². The van der Waals surface area contributed by atoms with Crippen LogP contribution in [0.2, 0.25) is 0 Å². The number of rotatable bonds is 5. The molecule has 0 N–H and O–H groups in total. The van der Waals surface area contributed by atoms with Gasteiger partial charge in [0.15, 0.2) is 17.1 Å². The second-order valence-corrected chi connectivity index (χ2v) is 8.59. The number of halogens is 2. The third-order valence-electron chi connectivity index (χ3n) is 5.00. The van der Waals surface area contributed by atoms with Gasteiger partial charge in [0.25, 0.3) is 0 Å². The summed E-state index contributed by atoms with van der Waals surface area (Å²) >= 11 is 7.33. The fourth-order valence-electron chi connectivity index (χ4n) is 3.69. The summed E-state index contributed by atoms with van der Waals surface area (Å²) in [6, 6.07) is 19.7. The number of benzene rings is 3. The molecule has 0 bridgehead atoms. The van der Waals surface area contributed by atoms with Crippen molar-refractivity contribution in [3.8, 4) is 11.5 Å². The molecular weight excluding hydrogens is 510 g/mol. The smallest absolute Gasteiger partial charge is 0.161 e. The van der Waals surface area contributed by atoms with Crippen LogP contribution in [0.15, 0.2) is 69.6 Å². The van der Waals surface area contributed by atoms with Gasteiger partial charge in [-0.15, -0.1) is 0 Å². The maximum absolute atomic E-state index is 6.03. The Bertz CT molecular complexity index is 1400. The van der Waals surface area contributed by atoms with Crippen LogP contribution in [0, 0.1) is 0 Å². The van der Waals surface area contributed by atoms with Crippen LogP contribution in [-0.2, 0) is 6.54 Å². The van der Waals surface area contributed by atoms with Crippen molar-refractivity contribution < 1.29 is 9.47 Å². The first-order valence-corrected chi connectivity index (χ1v) is 11.0. The minimum Gasteiger partial charge on any atom is -0.493 e. The fourth-order valence-corrected chi connectivity index (χ4v) is 5.13. The molecule has 0 spiro atoms. The predicted molar refractivity (Wildman–Crippen MR) is 126 cm³/mol. The standard InChI is InChI=1S/C23H17Br2N3O2/c1-29-19-8-4-5-9-20(19)30-11-10-28-22-15(12-14(24)13-16(22)25)21-23(28)27-18-7-3-2-6-17(18)26-21/h2-9,12-13H,10-11H2,1H3. The van der Waals surface area contributed by atoms with Gasteiger partial charge in [-0.05, 0) is 52.3 Å². The maximum atomic E-state index is 6.03. The molecule has 0 atom stereocenters. The third kappa shape index (κ3) is 3.32. The lowest BCUT2D eigenvalue weighted by atomic mass is 10.2. The van der Waals surface area contributed by atoms with Gasteiger partial charge in [0, 0.05) is 14.3 Å². The summed E-state index contributed by atoms with van der Waals surface area (Å²) in [7, 11) is 1.64. The zero-order valence-corrected chi connectivity index (χ0v) is 19.3. The van der Waals surface area contributed by atoms with Crippen molar-refractivity contribution in [2.24, 2.45) is 0 Å². The van der Waals surface area contributed by atoms with Gasteiger partial charge >= 0.3 is 0 Å². The van der Waals surface area contributed by atoms with E-state index in [1.807, 2.05) is 54.6 Å². The number of aromatic nitrogens is 3. The first-order valence-electron chi connectivity index (χ1n) is 9.45. The van der Waals surface area contributed by atoms with Gasteiger partial charge in [-0.3, -0.25) is 0 Å². The first-order chi connectivity index (χ1) is 14.7. The van der Waals surface area contributed by atoms with E-state index < -0.39 is 0 Å². The normalized spacial score (nSPS) is 11.4. The Kier molecular flexibility index (Phi) is 5.08. The minimum absolute atomic E-state index is 0.469. The highest BCUT2D eigenvalue weighted by atomic mass is 79.9. The summed E-state index contributed by atoms with van der Waals surface area (Å²) in [5, 5.41) is 1.04. The Morgan fingerprint density at radius 1 is 0.900 bits per heavy atom. The molecule has 0 aliphatic rings. The molecule has 5 rings (SSSR count). The van der Waals surface area contributed by atoms with Crippen molar-refractivity contribution in [1.29, 1.82) is 0 Å². The molecule has 30 heavy (non-hydrogen) atoms. The maximum Gasteiger partial charge on any atom is 0.161 e. The topological polar surface area (TPSA) is 49.2 Å². The second-order valence-electron chi connectivity index (χ2n) is 6.82. The second kappa shape index (κ2) is 7.89. The molecule has 5 aromatic rings. The Balaban J connectivity index is 1.62. The van der Waals surface area contributed by atoms with Crippen molar-refractivity contribution in [1.82, 2.24) is 14.5 Å². The van der Waals surface area contributed by atoms with Crippen LogP contribution in [0.25, 0.3) is 33.1 Å². The highest BCUT2D eigenvalue weighted by molar-refractivity contribution is 9.11. The molecule has 0 amide bonds. The van der Waals surface area contributed by atoms with Crippen LogP contribution >= 0.6 is 31.9 Å².